The van der Waals surface area contributed by atoms with Crippen molar-refractivity contribution in [3.05, 3.63) is 64.2 Å². The maximum Gasteiger partial charge on any atom is 0.407 e. The van der Waals surface area contributed by atoms with Gasteiger partial charge in [0.05, 0.1) is 5.92 Å². The molecule has 1 N–H and O–H groups in total. The lowest BCUT2D eigenvalue weighted by molar-refractivity contribution is -0.138. The monoisotopic (exact) mass is 477 g/mol. The second kappa shape index (κ2) is 9.55. The molecule has 2 aromatic carbocycles. The van der Waals surface area contributed by atoms with Gasteiger partial charge in [-0.15, -0.1) is 0 Å². The third kappa shape index (κ3) is 4.90. The average Bonchev–Trinajstić information content (AvgIpc) is 2.80. The van der Waals surface area contributed by atoms with E-state index in [1.54, 1.807) is 4.90 Å². The van der Waals surface area contributed by atoms with Gasteiger partial charge in [0.25, 0.3) is 0 Å². The van der Waals surface area contributed by atoms with Crippen LogP contribution in [0.5, 0.6) is 0 Å². The Labute approximate surface area is 196 Å². The molecule has 0 unspecified atom stereocenters. The molecule has 6 nitrogen and oxygen atoms in total. The second-order valence-corrected chi connectivity index (χ2v) is 9.08. The van der Waals surface area contributed by atoms with E-state index in [4.69, 9.17) is 11.6 Å². The molecule has 0 aromatic heterocycles. The zero-order valence-corrected chi connectivity index (χ0v) is 19.1. The Balaban J connectivity index is 1.52. The molecule has 0 aliphatic carbocycles. The Morgan fingerprint density at radius 1 is 1.00 bits per heavy atom. The maximum atomic E-state index is 14.6. The van der Waals surface area contributed by atoms with Crippen molar-refractivity contribution in [2.75, 3.05) is 44.2 Å². The van der Waals surface area contributed by atoms with Gasteiger partial charge < -0.3 is 19.8 Å². The third-order valence-corrected chi connectivity index (χ3v) is 6.90. The maximum absolute atomic E-state index is 14.6. The predicted molar refractivity (Wildman–Crippen MR) is 122 cm³/mol. The van der Waals surface area contributed by atoms with Crippen molar-refractivity contribution in [3.8, 4) is 0 Å². The Hall–Kier alpha value is -2.87. The van der Waals surface area contributed by atoms with Crippen LogP contribution in [0.3, 0.4) is 0 Å². The molecule has 0 radical (unpaired) electrons. The first kappa shape index (κ1) is 23.3. The third-order valence-electron chi connectivity index (χ3n) is 6.67. The van der Waals surface area contributed by atoms with Crippen LogP contribution in [0.2, 0.25) is 5.02 Å². The van der Waals surface area contributed by atoms with Crippen molar-refractivity contribution in [3.63, 3.8) is 0 Å². The van der Waals surface area contributed by atoms with Gasteiger partial charge in [-0.2, -0.15) is 0 Å². The van der Waals surface area contributed by atoms with E-state index in [0.717, 1.165) is 17.3 Å². The number of hydrogen-bond acceptors (Lipinski definition) is 3. The van der Waals surface area contributed by atoms with Crippen molar-refractivity contribution >= 4 is 29.3 Å². The van der Waals surface area contributed by atoms with Crippen molar-refractivity contribution < 1.29 is 23.5 Å². The van der Waals surface area contributed by atoms with E-state index in [2.05, 4.69) is 4.90 Å². The van der Waals surface area contributed by atoms with E-state index < -0.39 is 29.6 Å². The Morgan fingerprint density at radius 3 is 2.39 bits per heavy atom. The molecule has 2 atom stereocenters. The lowest BCUT2D eigenvalue weighted by Gasteiger charge is -2.42. The number of anilines is 1. The number of carboxylic acid groups (broad SMARTS) is 1. The summed E-state index contributed by atoms with van der Waals surface area (Å²) in [6.07, 6.45) is -0.806. The van der Waals surface area contributed by atoms with Crippen LogP contribution < -0.4 is 4.90 Å². The summed E-state index contributed by atoms with van der Waals surface area (Å²) >= 11 is 6.15. The molecule has 2 amide bonds. The molecular formula is C24H26ClF2N3O3. The normalized spacial score (nSPS) is 21.3. The first-order chi connectivity index (χ1) is 15.7. The molecule has 0 bridgehead atoms. The number of aryl methyl sites for hydroxylation is 1. The standard InChI is InChI=1S/C24H26ClF2N3O3/c1-15-2-3-16(25)12-22(15)28-8-10-29(11-9-28)23(31)20-14-30(24(32)33)7-6-18(20)19-5-4-17(26)13-21(19)27/h2-5,12-13,18,20H,6-11,14H2,1H3,(H,32,33)/t18-,20+/m1/s1. The summed E-state index contributed by atoms with van der Waals surface area (Å²) < 4.78 is 28.0. The quantitative estimate of drug-likeness (QED) is 0.713. The van der Waals surface area contributed by atoms with Crippen LogP contribution in [-0.2, 0) is 4.79 Å². The van der Waals surface area contributed by atoms with E-state index in [0.29, 0.717) is 37.6 Å². The number of piperidine rings is 1. The van der Waals surface area contributed by atoms with Gasteiger partial charge in [0, 0.05) is 62.0 Å². The summed E-state index contributed by atoms with van der Waals surface area (Å²) in [6, 6.07) is 9.06. The number of halogens is 3. The SMILES string of the molecule is Cc1ccc(Cl)cc1N1CCN(C(=O)[C@H]2CN(C(=O)O)CC[C@@H]2c2ccc(F)cc2F)CC1. The van der Waals surface area contributed by atoms with Gasteiger partial charge in [-0.3, -0.25) is 4.79 Å². The van der Waals surface area contributed by atoms with Gasteiger partial charge >= 0.3 is 6.09 Å². The van der Waals surface area contributed by atoms with Gasteiger partial charge in [-0.1, -0.05) is 23.7 Å². The van der Waals surface area contributed by atoms with Crippen LogP contribution in [0.25, 0.3) is 0 Å². The molecule has 0 saturated carbocycles. The summed E-state index contributed by atoms with van der Waals surface area (Å²) in [7, 11) is 0. The largest absolute Gasteiger partial charge is 0.465 e. The smallest absolute Gasteiger partial charge is 0.407 e. The molecule has 176 valence electrons. The minimum Gasteiger partial charge on any atom is -0.465 e. The minimum atomic E-state index is -1.10. The van der Waals surface area contributed by atoms with E-state index in [1.807, 2.05) is 25.1 Å². The van der Waals surface area contributed by atoms with Crippen LogP contribution >= 0.6 is 11.6 Å². The molecule has 2 fully saturated rings. The fourth-order valence-corrected chi connectivity index (χ4v) is 5.04. The first-order valence-electron chi connectivity index (χ1n) is 11.0. The molecule has 2 heterocycles. The topological polar surface area (TPSA) is 64.1 Å². The van der Waals surface area contributed by atoms with Gasteiger partial charge in [-0.05, 0) is 42.7 Å². The molecule has 2 aliphatic rings. The second-order valence-electron chi connectivity index (χ2n) is 8.64. The van der Waals surface area contributed by atoms with Crippen LogP contribution in [0, 0.1) is 24.5 Å². The molecule has 0 spiro atoms. The number of likely N-dealkylation sites (tertiary alicyclic amines) is 1. The number of piperazine rings is 1. The molecule has 2 saturated heterocycles. The number of benzene rings is 2. The number of amides is 2. The van der Waals surface area contributed by atoms with Crippen molar-refractivity contribution in [2.24, 2.45) is 5.92 Å². The van der Waals surface area contributed by atoms with E-state index in [1.165, 1.54) is 17.0 Å². The number of nitrogens with zero attached hydrogens (tertiary/aromatic N) is 3. The van der Waals surface area contributed by atoms with E-state index in [-0.39, 0.29) is 24.6 Å². The highest BCUT2D eigenvalue weighted by Gasteiger charge is 2.40. The lowest BCUT2D eigenvalue weighted by Crippen LogP contribution is -2.54. The van der Waals surface area contributed by atoms with Gasteiger partial charge in [0.1, 0.15) is 11.6 Å². The van der Waals surface area contributed by atoms with Crippen molar-refractivity contribution in [1.82, 2.24) is 9.80 Å². The Kier molecular flexibility index (Phi) is 6.74. The fraction of sp³-hybridized carbons (Fsp3) is 0.417. The fourth-order valence-electron chi connectivity index (χ4n) is 4.88. The summed E-state index contributed by atoms with van der Waals surface area (Å²) in [4.78, 5) is 30.2. The zero-order valence-electron chi connectivity index (χ0n) is 18.3. The zero-order chi connectivity index (χ0) is 23.7. The van der Waals surface area contributed by atoms with E-state index in [9.17, 15) is 23.5 Å². The highest BCUT2D eigenvalue weighted by atomic mass is 35.5. The summed E-state index contributed by atoms with van der Waals surface area (Å²) in [5.74, 6) is -2.83. The number of rotatable bonds is 3. The first-order valence-corrected chi connectivity index (χ1v) is 11.3. The predicted octanol–water partition coefficient (Wildman–Crippen LogP) is 4.36. The van der Waals surface area contributed by atoms with Crippen LogP contribution in [0.15, 0.2) is 36.4 Å². The molecule has 2 aliphatic heterocycles. The average molecular weight is 478 g/mol. The molecule has 2 aromatic rings. The summed E-state index contributed by atoms with van der Waals surface area (Å²) in [5.41, 5.74) is 2.37. The highest BCUT2D eigenvalue weighted by molar-refractivity contribution is 6.30. The number of hydrogen-bond donors (Lipinski definition) is 1. The molecule has 4 rings (SSSR count). The Morgan fingerprint density at radius 2 is 1.73 bits per heavy atom. The van der Waals surface area contributed by atoms with Crippen molar-refractivity contribution in [1.29, 1.82) is 0 Å². The van der Waals surface area contributed by atoms with Crippen molar-refractivity contribution in [2.45, 2.75) is 19.3 Å². The summed E-state index contributed by atoms with van der Waals surface area (Å²) in [6.45, 7) is 4.34. The lowest BCUT2D eigenvalue weighted by atomic mass is 9.79. The minimum absolute atomic E-state index is 0.0106. The summed E-state index contributed by atoms with van der Waals surface area (Å²) in [5, 5.41) is 10.1. The molecule has 9 heteroatoms. The highest BCUT2D eigenvalue weighted by Crippen LogP contribution is 2.36. The van der Waals surface area contributed by atoms with E-state index >= 15 is 0 Å². The van der Waals surface area contributed by atoms with Gasteiger partial charge in [-0.25, -0.2) is 13.6 Å². The van der Waals surface area contributed by atoms with Gasteiger partial charge in [0.15, 0.2) is 0 Å². The van der Waals surface area contributed by atoms with Crippen LogP contribution in [-0.4, -0.2) is 66.2 Å². The van der Waals surface area contributed by atoms with Gasteiger partial charge in [0.2, 0.25) is 5.91 Å². The Bertz CT molecular complexity index is 1060. The van der Waals surface area contributed by atoms with Crippen LogP contribution in [0.4, 0.5) is 19.3 Å². The number of carbonyl (C=O) groups is 2. The molecular weight excluding hydrogens is 452 g/mol. The number of carbonyl (C=O) groups excluding carboxylic acids is 1. The molecule has 33 heavy (non-hydrogen) atoms. The van der Waals surface area contributed by atoms with Crippen LogP contribution in [0.1, 0.15) is 23.5 Å².